The molecule has 3 heterocycles. The molecule has 11 aromatic carbocycles. The molecule has 3 nitrogen and oxygen atoms in total. The summed E-state index contributed by atoms with van der Waals surface area (Å²) in [5.41, 5.74) is 30.9. The highest BCUT2D eigenvalue weighted by molar-refractivity contribution is 6.93. The molecule has 0 amide bonds. The van der Waals surface area contributed by atoms with Crippen LogP contribution in [0.5, 0.6) is 0 Å². The molecule has 0 spiro atoms. The average Bonchev–Trinajstić information content (AvgIpc) is 0.669. The van der Waals surface area contributed by atoms with Gasteiger partial charge in [0.2, 0.25) is 0 Å². The molecular formula is C84H80BN3. The van der Waals surface area contributed by atoms with Crippen molar-refractivity contribution in [2.75, 3.05) is 14.6 Å². The van der Waals surface area contributed by atoms with Crippen molar-refractivity contribution in [1.82, 2.24) is 0 Å². The summed E-state index contributed by atoms with van der Waals surface area (Å²) in [5, 5.41) is 2.48. The molecule has 1 aliphatic carbocycles. The maximum Gasteiger partial charge on any atom is 0.333 e. The lowest BCUT2D eigenvalue weighted by Gasteiger charge is -2.52. The van der Waals surface area contributed by atoms with Crippen molar-refractivity contribution in [3.63, 3.8) is 0 Å². The molecule has 15 rings (SSSR count). The van der Waals surface area contributed by atoms with Gasteiger partial charge in [-0.2, -0.15) is 0 Å². The zero-order chi connectivity index (χ0) is 61.0. The van der Waals surface area contributed by atoms with E-state index in [0.717, 1.165) is 29.9 Å². The highest BCUT2D eigenvalue weighted by atomic mass is 15.2. The summed E-state index contributed by atoms with van der Waals surface area (Å²) in [6, 6.07) is 87.6. The van der Waals surface area contributed by atoms with Gasteiger partial charge in [0.15, 0.2) is 0 Å². The standard InChI is InChI=1S/C84H80BN3/c1-53-47-54(2)76(55(3)48-53)57-49-68-67-42-40-64(86(62-36-32-58(33-37-62)80(4,5)6)63-38-34-59(35-39-63)81(7,8)9)52-74(67)88(65-41-43-69-71(51-65)83(12,13)46-45-82(69,10)11)85-72-30-22-29-70-79(72)87(75(50-57)78(68)85)73-44-31-56-23-20-21-28-66(56)77(73)84(70,60-24-16-14-17-25-60)61-26-18-15-19-27-61/h14-44,47-52H,45-46H2,1-13H3. The molecular weight excluding hydrogens is 1060 g/mol. The van der Waals surface area contributed by atoms with Crippen molar-refractivity contribution in [2.45, 2.75) is 130 Å². The maximum atomic E-state index is 2.78. The van der Waals surface area contributed by atoms with E-state index in [9.17, 15) is 0 Å². The molecule has 0 saturated carbocycles. The van der Waals surface area contributed by atoms with Crippen LogP contribution in [-0.4, -0.2) is 6.85 Å². The van der Waals surface area contributed by atoms with E-state index in [4.69, 9.17) is 0 Å². The summed E-state index contributed by atoms with van der Waals surface area (Å²) in [6.07, 6.45) is 2.28. The van der Waals surface area contributed by atoms with Crippen molar-refractivity contribution in [1.29, 1.82) is 0 Å². The van der Waals surface area contributed by atoms with Gasteiger partial charge in [0, 0.05) is 50.9 Å². The van der Waals surface area contributed by atoms with E-state index in [-0.39, 0.29) is 28.5 Å². The summed E-state index contributed by atoms with van der Waals surface area (Å²) in [7, 11) is 0. The smallest absolute Gasteiger partial charge is 0.333 e. The second kappa shape index (κ2) is 19.8. The lowest BCUT2D eigenvalue weighted by molar-refractivity contribution is 0.332. The van der Waals surface area contributed by atoms with E-state index in [2.05, 4.69) is 329 Å². The molecule has 0 aromatic heterocycles. The van der Waals surface area contributed by atoms with Crippen LogP contribution in [0.15, 0.2) is 224 Å². The van der Waals surface area contributed by atoms with Crippen LogP contribution in [0, 0.1) is 20.8 Å². The first-order chi connectivity index (χ1) is 42.1. The van der Waals surface area contributed by atoms with Crippen LogP contribution in [0.3, 0.4) is 0 Å². The molecule has 0 atom stereocenters. The minimum absolute atomic E-state index is 0.00732. The molecule has 434 valence electrons. The van der Waals surface area contributed by atoms with Crippen LogP contribution >= 0.6 is 0 Å². The normalized spacial score (nSPS) is 15.7. The molecule has 11 aromatic rings. The highest BCUT2D eigenvalue weighted by Crippen LogP contribution is 2.62. The zero-order valence-corrected chi connectivity index (χ0v) is 53.7. The van der Waals surface area contributed by atoms with Crippen LogP contribution < -0.4 is 25.5 Å². The maximum absolute atomic E-state index is 2.78. The number of nitrogens with zero attached hydrogens (tertiary/aromatic N) is 3. The molecule has 3 aliphatic heterocycles. The molecule has 4 aliphatic rings. The number of rotatable bonds is 7. The minimum Gasteiger partial charge on any atom is -0.376 e. The van der Waals surface area contributed by atoms with Gasteiger partial charge in [0.1, 0.15) is 0 Å². The molecule has 88 heavy (non-hydrogen) atoms. The topological polar surface area (TPSA) is 9.72 Å². The molecule has 0 N–H and O–H groups in total. The molecule has 0 bridgehead atoms. The summed E-state index contributed by atoms with van der Waals surface area (Å²) >= 11 is 0. The minimum atomic E-state index is -0.708. The van der Waals surface area contributed by atoms with Crippen LogP contribution in [0.1, 0.15) is 143 Å². The van der Waals surface area contributed by atoms with Crippen molar-refractivity contribution in [3.05, 3.63) is 286 Å². The Hall–Kier alpha value is -8.86. The number of benzene rings is 11. The van der Waals surface area contributed by atoms with E-state index in [0.29, 0.717) is 0 Å². The van der Waals surface area contributed by atoms with Crippen LogP contribution in [0.25, 0.3) is 33.0 Å². The first-order valence-corrected chi connectivity index (χ1v) is 32.1. The third-order valence-corrected chi connectivity index (χ3v) is 20.7. The first-order valence-electron chi connectivity index (χ1n) is 32.1. The van der Waals surface area contributed by atoms with Gasteiger partial charge in [0.25, 0.3) is 0 Å². The quantitative estimate of drug-likeness (QED) is 0.147. The lowest BCUT2D eigenvalue weighted by atomic mass is 9.42. The summed E-state index contributed by atoms with van der Waals surface area (Å²) in [6.45, 7) is 30.3. The van der Waals surface area contributed by atoms with Crippen LogP contribution in [0.2, 0.25) is 0 Å². The Morgan fingerprint density at radius 2 is 1.03 bits per heavy atom. The summed E-state index contributed by atoms with van der Waals surface area (Å²) in [4.78, 5) is 7.99. The molecule has 0 unspecified atom stereocenters. The largest absolute Gasteiger partial charge is 0.376 e. The predicted molar refractivity (Wildman–Crippen MR) is 377 cm³/mol. The van der Waals surface area contributed by atoms with Gasteiger partial charge in [-0.1, -0.05) is 233 Å². The Morgan fingerprint density at radius 1 is 0.455 bits per heavy atom. The van der Waals surface area contributed by atoms with E-state index in [1.54, 1.807) is 0 Å². The van der Waals surface area contributed by atoms with E-state index >= 15 is 0 Å². The lowest BCUT2D eigenvalue weighted by Crippen LogP contribution is -2.62. The molecule has 4 heteroatoms. The Kier molecular flexibility index (Phi) is 12.6. The van der Waals surface area contributed by atoms with E-state index in [1.807, 2.05) is 0 Å². The number of hydrogen-bond donors (Lipinski definition) is 0. The monoisotopic (exact) mass is 1140 g/mol. The van der Waals surface area contributed by atoms with Crippen LogP contribution in [-0.2, 0) is 27.1 Å². The van der Waals surface area contributed by atoms with Crippen molar-refractivity contribution >= 4 is 74.0 Å². The summed E-state index contributed by atoms with van der Waals surface area (Å²) in [5.74, 6) is 0. The fraction of sp³-hybridized carbons (Fsp3) is 0.238. The predicted octanol–water partition coefficient (Wildman–Crippen LogP) is 21.2. The van der Waals surface area contributed by atoms with Gasteiger partial charge in [-0.25, -0.2) is 0 Å². The Balaban J connectivity index is 1.09. The van der Waals surface area contributed by atoms with Crippen molar-refractivity contribution in [2.24, 2.45) is 0 Å². The van der Waals surface area contributed by atoms with Gasteiger partial charge >= 0.3 is 6.85 Å². The van der Waals surface area contributed by atoms with E-state index in [1.165, 1.54) is 134 Å². The van der Waals surface area contributed by atoms with Gasteiger partial charge in [-0.15, -0.1) is 0 Å². The second-order valence-corrected chi connectivity index (χ2v) is 29.4. The fourth-order valence-corrected chi connectivity index (χ4v) is 16.3. The number of para-hydroxylation sites is 1. The Bertz CT molecular complexity index is 4490. The number of hydrogen-bond acceptors (Lipinski definition) is 3. The Labute approximate surface area is 523 Å². The van der Waals surface area contributed by atoms with E-state index < -0.39 is 5.41 Å². The molecule has 0 fully saturated rings. The van der Waals surface area contributed by atoms with Gasteiger partial charge < -0.3 is 14.6 Å². The van der Waals surface area contributed by atoms with Gasteiger partial charge in [0.05, 0.1) is 11.1 Å². The molecule has 0 saturated heterocycles. The fourth-order valence-electron chi connectivity index (χ4n) is 16.3. The first kappa shape index (κ1) is 55.7. The third-order valence-electron chi connectivity index (χ3n) is 20.7. The highest BCUT2D eigenvalue weighted by Gasteiger charge is 2.54. The number of aryl methyl sites for hydroxylation is 3. The van der Waals surface area contributed by atoms with Crippen molar-refractivity contribution < 1.29 is 0 Å². The SMILES string of the molecule is Cc1cc(C)c(-c2cc3c4c(c2)N2c5ccc6ccccc6c5C(c5ccccc5)(c5ccccc5)c5cccc(c52)B4N(c2ccc4c(c2)C(C)(C)CCC4(C)C)c2cc(N(c4ccc(C(C)(C)C)cc4)c4ccc(C(C)(C)C)cc4)ccc2-3)c(C)c1. The average molecular weight is 1140 g/mol. The zero-order valence-electron chi connectivity index (χ0n) is 53.7. The number of anilines is 8. The van der Waals surface area contributed by atoms with Gasteiger partial charge in [-0.3, -0.25) is 0 Å². The number of fused-ring (bicyclic) bond motifs is 9. The van der Waals surface area contributed by atoms with Crippen LogP contribution in [0.4, 0.5) is 45.5 Å². The molecule has 0 radical (unpaired) electrons. The Morgan fingerprint density at radius 3 is 1.65 bits per heavy atom. The second-order valence-electron chi connectivity index (χ2n) is 29.4. The van der Waals surface area contributed by atoms with Crippen molar-refractivity contribution in [3.8, 4) is 22.3 Å². The third kappa shape index (κ3) is 8.44. The summed E-state index contributed by atoms with van der Waals surface area (Å²) < 4.78 is 0. The van der Waals surface area contributed by atoms with Gasteiger partial charge in [-0.05, 0) is 210 Å².